The maximum absolute atomic E-state index is 12.3. The molecule has 2 N–H and O–H groups in total. The van der Waals surface area contributed by atoms with E-state index in [4.69, 9.17) is 4.43 Å². The van der Waals surface area contributed by atoms with E-state index >= 15 is 0 Å². The highest BCUT2D eigenvalue weighted by Crippen LogP contribution is 2.44. The van der Waals surface area contributed by atoms with Crippen LogP contribution in [0.5, 0.6) is 0 Å². The maximum Gasteiger partial charge on any atom is 0.309 e. The average Bonchev–Trinajstić information content (AvgIpc) is 3.37. The SMILES string of the molecule is CC(=O)NCCC(C)C(CCC1(C(=O)O)CCCC1)CO[Si](c1ccccc1)(c1ccccc1)C(C)(C)C. The molecule has 2 aromatic carbocycles. The number of benzene rings is 2. The van der Waals surface area contributed by atoms with Crippen molar-refractivity contribution in [3.8, 4) is 0 Å². The minimum atomic E-state index is -2.69. The standard InChI is InChI=1S/C32H47NO4Si/c1-25(19-23-33-26(2)34)27(18-22-32(30(35)36)20-12-13-21-32)24-37-38(31(3,4)5,28-14-8-6-9-15-28)29-16-10-7-11-17-29/h6-11,14-17,25,27H,12-13,18-24H2,1-5H3,(H,33,34)(H,35,36). The fourth-order valence-electron chi connectivity index (χ4n) is 6.32. The first-order chi connectivity index (χ1) is 18.0. The lowest BCUT2D eigenvalue weighted by molar-refractivity contribution is -0.149. The van der Waals surface area contributed by atoms with Gasteiger partial charge in [0.1, 0.15) is 0 Å². The van der Waals surface area contributed by atoms with Crippen LogP contribution in [0.25, 0.3) is 0 Å². The predicted molar refractivity (Wildman–Crippen MR) is 157 cm³/mol. The first-order valence-corrected chi connectivity index (χ1v) is 16.2. The Morgan fingerprint density at radius 3 is 1.95 bits per heavy atom. The summed E-state index contributed by atoms with van der Waals surface area (Å²) in [5, 5.41) is 15.4. The van der Waals surface area contributed by atoms with Crippen molar-refractivity contribution in [2.24, 2.45) is 17.3 Å². The zero-order valence-corrected chi connectivity index (χ0v) is 25.0. The van der Waals surface area contributed by atoms with Crippen LogP contribution >= 0.6 is 0 Å². The number of carbonyl (C=O) groups excluding carboxylic acids is 1. The van der Waals surface area contributed by atoms with Crippen LogP contribution in [-0.4, -0.2) is 38.5 Å². The van der Waals surface area contributed by atoms with Crippen molar-refractivity contribution in [1.29, 1.82) is 0 Å². The van der Waals surface area contributed by atoms with Gasteiger partial charge in [0.2, 0.25) is 5.91 Å². The number of aliphatic carboxylic acids is 1. The Morgan fingerprint density at radius 2 is 1.50 bits per heavy atom. The van der Waals surface area contributed by atoms with Crippen molar-refractivity contribution < 1.29 is 19.1 Å². The second-order valence-electron chi connectivity index (χ2n) is 12.3. The summed E-state index contributed by atoms with van der Waals surface area (Å²) < 4.78 is 7.29. The van der Waals surface area contributed by atoms with E-state index in [0.29, 0.717) is 19.6 Å². The van der Waals surface area contributed by atoms with Gasteiger partial charge in [-0.05, 0) is 59.4 Å². The third-order valence-electron chi connectivity index (χ3n) is 8.72. The Balaban J connectivity index is 1.93. The van der Waals surface area contributed by atoms with Crippen LogP contribution in [0.15, 0.2) is 60.7 Å². The van der Waals surface area contributed by atoms with Gasteiger partial charge in [-0.1, -0.05) is 101 Å². The first-order valence-electron chi connectivity index (χ1n) is 14.2. The number of nitrogens with one attached hydrogen (secondary N) is 1. The number of amides is 1. The molecule has 0 bridgehead atoms. The number of carboxylic acid groups (broad SMARTS) is 1. The molecule has 0 aliphatic heterocycles. The molecule has 0 radical (unpaired) electrons. The van der Waals surface area contributed by atoms with Gasteiger partial charge in [0, 0.05) is 20.1 Å². The number of carbonyl (C=O) groups is 2. The lowest BCUT2D eigenvalue weighted by Crippen LogP contribution is -2.67. The van der Waals surface area contributed by atoms with Crippen molar-refractivity contribution in [1.82, 2.24) is 5.32 Å². The molecule has 2 unspecified atom stereocenters. The second kappa shape index (κ2) is 13.1. The van der Waals surface area contributed by atoms with E-state index in [0.717, 1.165) is 38.5 Å². The summed E-state index contributed by atoms with van der Waals surface area (Å²) in [5.41, 5.74) is -0.604. The Morgan fingerprint density at radius 1 is 0.974 bits per heavy atom. The maximum atomic E-state index is 12.3. The Hall–Kier alpha value is -2.44. The van der Waals surface area contributed by atoms with E-state index in [-0.39, 0.29) is 22.8 Å². The third kappa shape index (κ3) is 6.95. The van der Waals surface area contributed by atoms with Crippen molar-refractivity contribution >= 4 is 30.6 Å². The molecule has 0 spiro atoms. The molecule has 1 aliphatic rings. The molecule has 0 saturated heterocycles. The molecular formula is C32H47NO4Si. The molecule has 2 aromatic rings. The molecule has 2 atom stereocenters. The Labute approximate surface area is 230 Å². The second-order valence-corrected chi connectivity index (χ2v) is 16.6. The fraction of sp³-hybridized carbons (Fsp3) is 0.562. The molecule has 5 nitrogen and oxygen atoms in total. The van der Waals surface area contributed by atoms with Crippen LogP contribution in [-0.2, 0) is 14.0 Å². The van der Waals surface area contributed by atoms with Gasteiger partial charge >= 0.3 is 5.97 Å². The number of carboxylic acids is 1. The van der Waals surface area contributed by atoms with Gasteiger partial charge in [0.25, 0.3) is 8.32 Å². The topological polar surface area (TPSA) is 75.6 Å². The lowest BCUT2D eigenvalue weighted by atomic mass is 9.77. The van der Waals surface area contributed by atoms with Gasteiger partial charge in [0.15, 0.2) is 0 Å². The van der Waals surface area contributed by atoms with Crippen molar-refractivity contribution in [2.45, 2.75) is 84.6 Å². The summed E-state index contributed by atoms with van der Waals surface area (Å²) >= 11 is 0. The molecule has 0 heterocycles. The normalized spacial score (nSPS) is 17.1. The first kappa shape index (κ1) is 30.1. The average molecular weight is 538 g/mol. The molecule has 208 valence electrons. The molecule has 1 aliphatic carbocycles. The summed E-state index contributed by atoms with van der Waals surface area (Å²) in [6, 6.07) is 21.3. The van der Waals surface area contributed by atoms with Crippen LogP contribution < -0.4 is 15.7 Å². The van der Waals surface area contributed by atoms with Gasteiger partial charge in [-0.15, -0.1) is 0 Å². The summed E-state index contributed by atoms with van der Waals surface area (Å²) in [6.45, 7) is 11.8. The smallest absolute Gasteiger partial charge is 0.309 e. The van der Waals surface area contributed by atoms with Crippen LogP contribution in [0.3, 0.4) is 0 Å². The highest BCUT2D eigenvalue weighted by Gasteiger charge is 2.50. The molecule has 38 heavy (non-hydrogen) atoms. The summed E-state index contributed by atoms with van der Waals surface area (Å²) in [7, 11) is -2.69. The van der Waals surface area contributed by atoms with Gasteiger partial charge < -0.3 is 14.8 Å². The molecule has 1 fully saturated rings. The number of rotatable bonds is 13. The quantitative estimate of drug-likeness (QED) is 0.318. The highest BCUT2D eigenvalue weighted by atomic mass is 28.4. The van der Waals surface area contributed by atoms with Gasteiger partial charge in [0.05, 0.1) is 5.41 Å². The van der Waals surface area contributed by atoms with Crippen molar-refractivity contribution in [2.75, 3.05) is 13.2 Å². The monoisotopic (exact) mass is 537 g/mol. The molecule has 1 saturated carbocycles. The van der Waals surface area contributed by atoms with E-state index in [1.54, 1.807) is 6.92 Å². The van der Waals surface area contributed by atoms with Crippen LogP contribution in [0.4, 0.5) is 0 Å². The highest BCUT2D eigenvalue weighted by molar-refractivity contribution is 6.99. The van der Waals surface area contributed by atoms with Crippen LogP contribution in [0, 0.1) is 17.3 Å². The summed E-state index contributed by atoms with van der Waals surface area (Å²) in [4.78, 5) is 23.8. The number of hydrogen-bond donors (Lipinski definition) is 2. The minimum absolute atomic E-state index is 0.0203. The number of hydrogen-bond acceptors (Lipinski definition) is 3. The van der Waals surface area contributed by atoms with E-state index < -0.39 is 19.7 Å². The largest absolute Gasteiger partial charge is 0.481 e. The van der Waals surface area contributed by atoms with E-state index in [9.17, 15) is 14.7 Å². The molecule has 6 heteroatoms. The van der Waals surface area contributed by atoms with E-state index in [1.807, 2.05) is 0 Å². The fourth-order valence-corrected chi connectivity index (χ4v) is 10.9. The van der Waals surface area contributed by atoms with E-state index in [1.165, 1.54) is 10.4 Å². The lowest BCUT2D eigenvalue weighted by Gasteiger charge is -2.44. The molecule has 1 amide bonds. The molecular weight excluding hydrogens is 490 g/mol. The van der Waals surface area contributed by atoms with Crippen molar-refractivity contribution in [3.05, 3.63) is 60.7 Å². The third-order valence-corrected chi connectivity index (χ3v) is 13.7. The van der Waals surface area contributed by atoms with Gasteiger partial charge in [-0.3, -0.25) is 9.59 Å². The summed E-state index contributed by atoms with van der Waals surface area (Å²) in [6.07, 6.45) is 5.86. The Bertz CT molecular complexity index is 989. The van der Waals surface area contributed by atoms with Gasteiger partial charge in [-0.25, -0.2) is 0 Å². The van der Waals surface area contributed by atoms with Crippen LogP contribution in [0.2, 0.25) is 5.04 Å². The minimum Gasteiger partial charge on any atom is -0.481 e. The zero-order valence-electron chi connectivity index (χ0n) is 24.0. The molecule has 3 rings (SSSR count). The van der Waals surface area contributed by atoms with Crippen LogP contribution in [0.1, 0.15) is 79.6 Å². The Kier molecular flexibility index (Phi) is 10.4. The van der Waals surface area contributed by atoms with E-state index in [2.05, 4.69) is 93.7 Å². The van der Waals surface area contributed by atoms with Gasteiger partial charge in [-0.2, -0.15) is 0 Å². The molecule has 0 aromatic heterocycles. The predicted octanol–water partition coefficient (Wildman–Crippen LogP) is 5.77. The zero-order chi connectivity index (χ0) is 27.8. The summed E-state index contributed by atoms with van der Waals surface area (Å²) in [5.74, 6) is -0.185. The van der Waals surface area contributed by atoms with Crippen molar-refractivity contribution in [3.63, 3.8) is 0 Å².